The van der Waals surface area contributed by atoms with Gasteiger partial charge in [-0.2, -0.15) is 0 Å². The summed E-state index contributed by atoms with van der Waals surface area (Å²) in [7, 11) is -3.95. The molecule has 1 amide bonds. The lowest BCUT2D eigenvalue weighted by Crippen LogP contribution is -2.17. The third-order valence-corrected chi connectivity index (χ3v) is 5.94. The van der Waals surface area contributed by atoms with E-state index < -0.39 is 15.8 Å². The van der Waals surface area contributed by atoms with E-state index in [1.807, 2.05) is 30.3 Å². The Morgan fingerprint density at radius 1 is 0.733 bits per heavy atom. The molecule has 0 radical (unpaired) electrons. The molecule has 4 aromatic carbocycles. The number of nitrogens with one attached hydrogen (secondary N) is 2. The van der Waals surface area contributed by atoms with E-state index in [9.17, 15) is 17.6 Å². The van der Waals surface area contributed by atoms with Gasteiger partial charge in [0.25, 0.3) is 15.9 Å². The first kappa shape index (κ1) is 19.6. The molecule has 7 heteroatoms. The number of hydrogen-bond donors (Lipinski definition) is 2. The van der Waals surface area contributed by atoms with Crippen LogP contribution in [0.25, 0.3) is 10.8 Å². The number of amides is 1. The Kier molecular flexibility index (Phi) is 5.20. The normalized spacial score (nSPS) is 11.2. The van der Waals surface area contributed by atoms with Crippen molar-refractivity contribution in [1.29, 1.82) is 0 Å². The number of carbonyl (C=O) groups is 1. The average molecular weight is 420 g/mol. The first-order valence-corrected chi connectivity index (χ1v) is 10.6. The molecule has 0 saturated heterocycles. The van der Waals surface area contributed by atoms with Crippen molar-refractivity contribution in [3.63, 3.8) is 0 Å². The Morgan fingerprint density at radius 3 is 2.10 bits per heavy atom. The molecule has 150 valence electrons. The van der Waals surface area contributed by atoms with E-state index >= 15 is 0 Å². The van der Waals surface area contributed by atoms with Gasteiger partial charge in [-0.25, -0.2) is 12.8 Å². The molecule has 0 aliphatic rings. The predicted molar refractivity (Wildman–Crippen MR) is 116 cm³/mol. The molecule has 0 saturated carbocycles. The van der Waals surface area contributed by atoms with Gasteiger partial charge in [0.05, 0.1) is 16.3 Å². The minimum Gasteiger partial charge on any atom is -0.320 e. The first-order valence-electron chi connectivity index (χ1n) is 9.10. The van der Waals surface area contributed by atoms with Gasteiger partial charge >= 0.3 is 0 Å². The van der Waals surface area contributed by atoms with Gasteiger partial charge in [0, 0.05) is 5.56 Å². The van der Waals surface area contributed by atoms with E-state index in [-0.39, 0.29) is 16.5 Å². The minimum absolute atomic E-state index is 0.0837. The summed E-state index contributed by atoms with van der Waals surface area (Å²) in [6.07, 6.45) is 0. The molecule has 30 heavy (non-hydrogen) atoms. The maximum absolute atomic E-state index is 13.1. The van der Waals surface area contributed by atoms with E-state index in [0.717, 1.165) is 22.9 Å². The van der Waals surface area contributed by atoms with Gasteiger partial charge in [0.15, 0.2) is 0 Å². The van der Waals surface area contributed by atoms with Crippen LogP contribution in [0, 0.1) is 5.82 Å². The average Bonchev–Trinajstić information content (AvgIpc) is 2.75. The van der Waals surface area contributed by atoms with Crippen LogP contribution >= 0.6 is 0 Å². The van der Waals surface area contributed by atoms with Gasteiger partial charge in [-0.3, -0.25) is 9.52 Å². The fraction of sp³-hybridized carbons (Fsp3) is 0. The standard InChI is InChI=1S/C23H17FN2O3S/c24-19-11-13-20(14-12-19)30(28,29)26-22-8-4-3-7-21(22)25-23(27)18-10-9-16-5-1-2-6-17(16)15-18/h1-15,26H,(H,25,27). The highest BCUT2D eigenvalue weighted by Crippen LogP contribution is 2.25. The van der Waals surface area contributed by atoms with Gasteiger partial charge < -0.3 is 5.32 Å². The molecule has 0 bridgehead atoms. The van der Waals surface area contributed by atoms with Crippen molar-refractivity contribution in [3.05, 3.63) is 102 Å². The lowest BCUT2D eigenvalue weighted by atomic mass is 10.1. The Labute approximate surface area is 173 Å². The highest BCUT2D eigenvalue weighted by molar-refractivity contribution is 7.92. The zero-order valence-corrected chi connectivity index (χ0v) is 16.5. The molecule has 0 heterocycles. The topological polar surface area (TPSA) is 75.3 Å². The molecule has 0 unspecified atom stereocenters. The van der Waals surface area contributed by atoms with E-state index in [0.29, 0.717) is 11.3 Å². The monoisotopic (exact) mass is 420 g/mol. The number of anilines is 2. The van der Waals surface area contributed by atoms with E-state index in [4.69, 9.17) is 0 Å². The van der Waals surface area contributed by atoms with Crippen molar-refractivity contribution in [2.45, 2.75) is 4.90 Å². The summed E-state index contributed by atoms with van der Waals surface area (Å²) in [5, 5.41) is 4.69. The van der Waals surface area contributed by atoms with Gasteiger partial charge in [-0.05, 0) is 59.3 Å². The third kappa shape index (κ3) is 4.16. The number of carbonyl (C=O) groups excluding carboxylic acids is 1. The Balaban J connectivity index is 1.59. The molecular formula is C23H17FN2O3S. The smallest absolute Gasteiger partial charge is 0.261 e. The van der Waals surface area contributed by atoms with Crippen molar-refractivity contribution >= 4 is 38.1 Å². The largest absolute Gasteiger partial charge is 0.320 e. The zero-order valence-electron chi connectivity index (χ0n) is 15.7. The van der Waals surface area contributed by atoms with Crippen molar-refractivity contribution in [3.8, 4) is 0 Å². The van der Waals surface area contributed by atoms with Crippen LogP contribution in [-0.4, -0.2) is 14.3 Å². The van der Waals surface area contributed by atoms with Gasteiger partial charge in [-0.15, -0.1) is 0 Å². The number of halogens is 1. The number of rotatable bonds is 5. The third-order valence-electron chi connectivity index (χ3n) is 4.56. The van der Waals surface area contributed by atoms with E-state index in [1.54, 1.807) is 30.3 Å². The maximum atomic E-state index is 13.1. The van der Waals surface area contributed by atoms with Crippen molar-refractivity contribution < 1.29 is 17.6 Å². The number of hydrogen-bond acceptors (Lipinski definition) is 3. The number of benzene rings is 4. The highest BCUT2D eigenvalue weighted by Gasteiger charge is 2.17. The summed E-state index contributed by atoms with van der Waals surface area (Å²) in [5.74, 6) is -0.897. The molecule has 4 aromatic rings. The Bertz CT molecular complexity index is 1340. The van der Waals surface area contributed by atoms with Crippen LogP contribution in [0.4, 0.5) is 15.8 Å². The SMILES string of the molecule is O=C(Nc1ccccc1NS(=O)(=O)c1ccc(F)cc1)c1ccc2ccccc2c1. The summed E-state index contributed by atoms with van der Waals surface area (Å²) in [6.45, 7) is 0. The second-order valence-corrected chi connectivity index (χ2v) is 8.30. The van der Waals surface area contributed by atoms with Crippen molar-refractivity contribution in [1.82, 2.24) is 0 Å². The Morgan fingerprint density at radius 2 is 1.37 bits per heavy atom. The van der Waals surface area contributed by atoms with Gasteiger partial charge in [0.2, 0.25) is 0 Å². The molecule has 0 aromatic heterocycles. The van der Waals surface area contributed by atoms with Gasteiger partial charge in [0.1, 0.15) is 5.82 Å². The molecule has 0 spiro atoms. The zero-order chi connectivity index (χ0) is 21.1. The quantitative estimate of drug-likeness (QED) is 0.475. The van der Waals surface area contributed by atoms with Crippen molar-refractivity contribution in [2.24, 2.45) is 0 Å². The summed E-state index contributed by atoms with van der Waals surface area (Å²) >= 11 is 0. The molecule has 0 fully saturated rings. The predicted octanol–water partition coefficient (Wildman–Crippen LogP) is 5.03. The van der Waals surface area contributed by atoms with Crippen LogP contribution in [0.5, 0.6) is 0 Å². The highest BCUT2D eigenvalue weighted by atomic mass is 32.2. The first-order chi connectivity index (χ1) is 14.4. The van der Waals surface area contributed by atoms with E-state index in [1.165, 1.54) is 18.2 Å². The maximum Gasteiger partial charge on any atom is 0.261 e. The number of para-hydroxylation sites is 2. The Hall–Kier alpha value is -3.71. The van der Waals surface area contributed by atoms with Crippen LogP contribution in [0.1, 0.15) is 10.4 Å². The summed E-state index contributed by atoms with van der Waals surface area (Å²) < 4.78 is 40.8. The molecule has 4 rings (SSSR count). The van der Waals surface area contributed by atoms with Crippen LogP contribution in [-0.2, 0) is 10.0 Å². The fourth-order valence-electron chi connectivity index (χ4n) is 3.02. The second-order valence-electron chi connectivity index (χ2n) is 6.62. The summed E-state index contributed by atoms with van der Waals surface area (Å²) in [6, 6.07) is 24.0. The van der Waals surface area contributed by atoms with E-state index in [2.05, 4.69) is 10.0 Å². The summed E-state index contributed by atoms with van der Waals surface area (Å²) in [5.41, 5.74) is 0.960. The minimum atomic E-state index is -3.95. The summed E-state index contributed by atoms with van der Waals surface area (Å²) in [4.78, 5) is 12.7. The molecule has 0 aliphatic carbocycles. The lowest BCUT2D eigenvalue weighted by molar-refractivity contribution is 0.102. The molecule has 2 N–H and O–H groups in total. The van der Waals surface area contributed by atoms with Crippen LogP contribution in [0.2, 0.25) is 0 Å². The van der Waals surface area contributed by atoms with Crippen molar-refractivity contribution in [2.75, 3.05) is 10.0 Å². The fourth-order valence-corrected chi connectivity index (χ4v) is 4.10. The molecule has 0 atom stereocenters. The van der Waals surface area contributed by atoms with Crippen LogP contribution in [0.3, 0.4) is 0 Å². The molecular weight excluding hydrogens is 403 g/mol. The molecule has 5 nitrogen and oxygen atoms in total. The van der Waals surface area contributed by atoms with Gasteiger partial charge in [-0.1, -0.05) is 42.5 Å². The van der Waals surface area contributed by atoms with Crippen LogP contribution in [0.15, 0.2) is 95.9 Å². The lowest BCUT2D eigenvalue weighted by Gasteiger charge is -2.14. The van der Waals surface area contributed by atoms with Crippen LogP contribution < -0.4 is 10.0 Å². The second kappa shape index (κ2) is 7.96. The number of sulfonamides is 1. The molecule has 0 aliphatic heterocycles. The number of fused-ring (bicyclic) bond motifs is 1.